The van der Waals surface area contributed by atoms with E-state index in [1.807, 2.05) is 6.07 Å². The van der Waals surface area contributed by atoms with Crippen LogP contribution in [-0.4, -0.2) is 47.3 Å². The van der Waals surface area contributed by atoms with Gasteiger partial charge in [-0.05, 0) is 35.9 Å². The van der Waals surface area contributed by atoms with Gasteiger partial charge in [0.2, 0.25) is 5.95 Å². The molecule has 36 heavy (non-hydrogen) atoms. The maximum atomic E-state index is 13.9. The highest BCUT2D eigenvalue weighted by Crippen LogP contribution is 2.40. The summed E-state index contributed by atoms with van der Waals surface area (Å²) in [4.78, 5) is 28.6. The van der Waals surface area contributed by atoms with Gasteiger partial charge in [-0.1, -0.05) is 23.5 Å². The van der Waals surface area contributed by atoms with Crippen molar-refractivity contribution in [3.8, 4) is 21.8 Å². The molecule has 0 unspecified atom stereocenters. The van der Waals surface area contributed by atoms with E-state index in [-0.39, 0.29) is 11.6 Å². The second-order valence-electron chi connectivity index (χ2n) is 7.86. The number of thiazole rings is 1. The Balaban J connectivity index is 1.44. The molecule has 2 aromatic carbocycles. The van der Waals surface area contributed by atoms with Crippen molar-refractivity contribution in [2.45, 2.75) is 0 Å². The Hall–Kier alpha value is -4.16. The predicted octanol–water partition coefficient (Wildman–Crippen LogP) is 4.61. The Labute approximate surface area is 209 Å². The number of nitrogens with zero attached hydrogens (tertiary/aromatic N) is 4. The Bertz CT molecular complexity index is 1410. The van der Waals surface area contributed by atoms with E-state index in [0.717, 1.165) is 40.8 Å². The van der Waals surface area contributed by atoms with E-state index < -0.39 is 17.7 Å². The highest BCUT2D eigenvalue weighted by molar-refractivity contribution is 7.19. The average molecular weight is 510 g/mol. The number of amides is 2. The zero-order chi connectivity index (χ0) is 25.1. The number of urea groups is 1. The van der Waals surface area contributed by atoms with E-state index in [4.69, 9.17) is 15.5 Å². The number of carbonyl (C=O) groups is 1. The lowest BCUT2D eigenvalue weighted by Gasteiger charge is -2.26. The number of nitrogens with one attached hydrogen (secondary N) is 2. The molecule has 0 bridgehead atoms. The van der Waals surface area contributed by atoms with Gasteiger partial charge in [-0.2, -0.15) is 0 Å². The molecule has 184 valence electrons. The fourth-order valence-corrected chi connectivity index (χ4v) is 4.81. The van der Waals surface area contributed by atoms with E-state index in [0.29, 0.717) is 36.4 Å². The third-order valence-corrected chi connectivity index (χ3v) is 6.54. The highest BCUT2D eigenvalue weighted by Gasteiger charge is 2.22. The lowest BCUT2D eigenvalue weighted by atomic mass is 10.1. The maximum Gasteiger partial charge on any atom is 0.323 e. The van der Waals surface area contributed by atoms with Crippen LogP contribution in [0.15, 0.2) is 54.7 Å². The molecule has 2 amide bonds. The number of nitrogen functional groups attached to an aromatic ring is 1. The van der Waals surface area contributed by atoms with Crippen molar-refractivity contribution in [1.82, 2.24) is 15.0 Å². The molecule has 4 aromatic rings. The minimum absolute atomic E-state index is 0.133. The number of morpholine rings is 1. The van der Waals surface area contributed by atoms with Gasteiger partial charge in [0.15, 0.2) is 5.13 Å². The summed E-state index contributed by atoms with van der Waals surface area (Å²) < 4.78 is 32.5. The Morgan fingerprint density at radius 3 is 2.67 bits per heavy atom. The molecule has 0 radical (unpaired) electrons. The molecule has 12 heteroatoms. The van der Waals surface area contributed by atoms with Gasteiger partial charge in [0.25, 0.3) is 0 Å². The number of aromatic nitrogens is 3. The molecule has 0 atom stereocenters. The summed E-state index contributed by atoms with van der Waals surface area (Å²) in [5.74, 6) is -1.46. The first-order chi connectivity index (χ1) is 17.5. The minimum atomic E-state index is -0.868. The summed E-state index contributed by atoms with van der Waals surface area (Å²) in [7, 11) is 0. The van der Waals surface area contributed by atoms with Gasteiger partial charge in [-0.25, -0.2) is 28.5 Å². The first-order valence-corrected chi connectivity index (χ1v) is 11.8. The number of hydrogen-bond donors (Lipinski definition) is 3. The second kappa shape index (κ2) is 10.2. The Morgan fingerprint density at radius 2 is 1.89 bits per heavy atom. The van der Waals surface area contributed by atoms with Crippen molar-refractivity contribution in [1.29, 1.82) is 0 Å². The molecule has 0 spiro atoms. The fourth-order valence-electron chi connectivity index (χ4n) is 3.69. The van der Waals surface area contributed by atoms with Gasteiger partial charge in [-0.3, -0.25) is 0 Å². The number of anilines is 4. The first-order valence-electron chi connectivity index (χ1n) is 11.0. The number of nitrogens with two attached hydrogens (primary N) is 1. The Kier molecular flexibility index (Phi) is 6.69. The number of rotatable bonds is 5. The van der Waals surface area contributed by atoms with Crippen molar-refractivity contribution >= 4 is 39.8 Å². The van der Waals surface area contributed by atoms with Crippen molar-refractivity contribution in [2.24, 2.45) is 0 Å². The van der Waals surface area contributed by atoms with Crippen LogP contribution in [0.5, 0.6) is 0 Å². The van der Waals surface area contributed by atoms with Crippen LogP contribution in [0, 0.1) is 11.6 Å². The van der Waals surface area contributed by atoms with Gasteiger partial charge >= 0.3 is 6.03 Å². The van der Waals surface area contributed by atoms with Crippen LogP contribution < -0.4 is 21.3 Å². The minimum Gasteiger partial charge on any atom is -0.378 e. The third-order valence-electron chi connectivity index (χ3n) is 5.38. The largest absolute Gasteiger partial charge is 0.378 e. The molecule has 1 fully saturated rings. The second-order valence-corrected chi connectivity index (χ2v) is 8.84. The van der Waals surface area contributed by atoms with E-state index in [2.05, 4.69) is 25.5 Å². The first kappa shape index (κ1) is 23.6. The molecule has 1 aliphatic heterocycles. The quantitative estimate of drug-likeness (QED) is 0.360. The van der Waals surface area contributed by atoms with E-state index in [1.54, 1.807) is 30.5 Å². The van der Waals surface area contributed by atoms with E-state index in [9.17, 15) is 13.6 Å². The third kappa shape index (κ3) is 5.24. The number of carbonyl (C=O) groups excluding carboxylic acids is 1. The highest BCUT2D eigenvalue weighted by atomic mass is 32.1. The molecule has 0 saturated carbocycles. The lowest BCUT2D eigenvalue weighted by molar-refractivity contribution is 0.122. The molecular weight excluding hydrogens is 488 g/mol. The maximum absolute atomic E-state index is 13.9. The summed E-state index contributed by atoms with van der Waals surface area (Å²) in [6.07, 6.45) is 1.58. The van der Waals surface area contributed by atoms with E-state index in [1.165, 1.54) is 11.3 Å². The molecule has 5 rings (SSSR count). The fraction of sp³-hybridized carbons (Fsp3) is 0.167. The molecule has 1 aliphatic rings. The summed E-state index contributed by atoms with van der Waals surface area (Å²) >= 11 is 1.50. The van der Waals surface area contributed by atoms with Crippen molar-refractivity contribution in [3.05, 3.63) is 66.4 Å². The molecule has 0 aliphatic carbocycles. The molecule has 4 N–H and O–H groups in total. The Morgan fingerprint density at radius 1 is 1.06 bits per heavy atom. The van der Waals surface area contributed by atoms with Crippen LogP contribution in [0.25, 0.3) is 21.8 Å². The summed E-state index contributed by atoms with van der Waals surface area (Å²) in [5, 5.41) is 5.89. The van der Waals surface area contributed by atoms with Gasteiger partial charge in [0.1, 0.15) is 17.3 Å². The topological polar surface area (TPSA) is 118 Å². The molecule has 9 nitrogen and oxygen atoms in total. The summed E-state index contributed by atoms with van der Waals surface area (Å²) in [6, 6.07) is 11.2. The summed E-state index contributed by atoms with van der Waals surface area (Å²) in [6.45, 7) is 2.68. The number of ether oxygens (including phenoxy) is 1. The molecule has 1 saturated heterocycles. The monoisotopic (exact) mass is 509 g/mol. The van der Waals surface area contributed by atoms with Gasteiger partial charge in [-0.15, -0.1) is 0 Å². The predicted molar refractivity (Wildman–Crippen MR) is 135 cm³/mol. The SMILES string of the molecule is Nc1nccc(-c2nc(N3CCOCC3)sc2-c2cccc(NC(=O)Nc3ccc(F)cc3F)c2)n1. The van der Waals surface area contributed by atoms with Crippen LogP contribution in [0.2, 0.25) is 0 Å². The van der Waals surface area contributed by atoms with Crippen LogP contribution in [0.1, 0.15) is 0 Å². The average Bonchev–Trinajstić information content (AvgIpc) is 3.32. The zero-order valence-corrected chi connectivity index (χ0v) is 19.7. The van der Waals surface area contributed by atoms with Crippen LogP contribution in [-0.2, 0) is 4.74 Å². The number of hydrogen-bond acceptors (Lipinski definition) is 8. The smallest absolute Gasteiger partial charge is 0.323 e. The molecule has 2 aromatic heterocycles. The van der Waals surface area contributed by atoms with Crippen molar-refractivity contribution in [2.75, 3.05) is 47.6 Å². The molecule has 3 heterocycles. The summed E-state index contributed by atoms with van der Waals surface area (Å²) in [5.41, 5.74) is 8.18. The zero-order valence-electron chi connectivity index (χ0n) is 18.9. The normalized spacial score (nSPS) is 13.4. The number of halogens is 2. The lowest BCUT2D eigenvalue weighted by Crippen LogP contribution is -2.36. The van der Waals surface area contributed by atoms with Crippen LogP contribution in [0.3, 0.4) is 0 Å². The van der Waals surface area contributed by atoms with Crippen LogP contribution in [0.4, 0.5) is 36.0 Å². The van der Waals surface area contributed by atoms with Gasteiger partial charge in [0, 0.05) is 31.0 Å². The standard InChI is InChI=1S/C24H21F2N7O2S/c25-15-4-5-18(17(26)13-15)31-23(34)29-16-3-1-2-14(12-16)21-20(19-6-7-28-22(27)30-19)32-24(36-21)33-8-10-35-11-9-33/h1-7,12-13H,8-11H2,(H2,27,28,30)(H2,29,31,34). The van der Waals surface area contributed by atoms with E-state index >= 15 is 0 Å². The van der Waals surface area contributed by atoms with Crippen molar-refractivity contribution in [3.63, 3.8) is 0 Å². The number of benzene rings is 2. The molecular formula is C24H21F2N7O2S. The van der Waals surface area contributed by atoms with Gasteiger partial charge < -0.3 is 26.0 Å². The van der Waals surface area contributed by atoms with Gasteiger partial charge in [0.05, 0.1) is 29.5 Å². The van der Waals surface area contributed by atoms with Crippen LogP contribution >= 0.6 is 11.3 Å². The van der Waals surface area contributed by atoms with Crippen molar-refractivity contribution < 1.29 is 18.3 Å².